The van der Waals surface area contributed by atoms with Gasteiger partial charge < -0.3 is 10.8 Å². The molecule has 1 aromatic carbocycles. The third-order valence-corrected chi connectivity index (χ3v) is 2.99. The fourth-order valence-electron chi connectivity index (χ4n) is 1.26. The van der Waals surface area contributed by atoms with E-state index in [4.69, 9.17) is 10.8 Å². The van der Waals surface area contributed by atoms with Gasteiger partial charge >= 0.3 is 5.97 Å². The van der Waals surface area contributed by atoms with Gasteiger partial charge in [-0.2, -0.15) is 0 Å². The average molecular weight is 229 g/mol. The first-order chi connectivity index (χ1) is 6.97. The number of rotatable bonds is 3. The maximum atomic E-state index is 13.4. The topological polar surface area (TPSA) is 63.3 Å². The summed E-state index contributed by atoms with van der Waals surface area (Å²) in [5.74, 6) is -1.80. The van der Waals surface area contributed by atoms with Crippen molar-refractivity contribution in [3.05, 3.63) is 29.1 Å². The van der Waals surface area contributed by atoms with E-state index in [9.17, 15) is 9.18 Å². The summed E-state index contributed by atoms with van der Waals surface area (Å²) < 4.78 is 13.4. The van der Waals surface area contributed by atoms with Crippen molar-refractivity contribution in [2.75, 3.05) is 6.26 Å². The quantitative estimate of drug-likeness (QED) is 0.777. The highest BCUT2D eigenvalue weighted by atomic mass is 32.2. The van der Waals surface area contributed by atoms with E-state index in [1.165, 1.54) is 23.9 Å². The lowest BCUT2D eigenvalue weighted by Gasteiger charge is -2.11. The van der Waals surface area contributed by atoms with Gasteiger partial charge in [0.1, 0.15) is 11.9 Å². The lowest BCUT2D eigenvalue weighted by Crippen LogP contribution is -2.22. The van der Waals surface area contributed by atoms with Crippen LogP contribution in [-0.4, -0.2) is 17.3 Å². The predicted molar refractivity (Wildman–Crippen MR) is 57.5 cm³/mol. The molecule has 1 aromatic rings. The molecule has 3 nitrogen and oxygen atoms in total. The fraction of sp³-hybridized carbons (Fsp3) is 0.300. The molecule has 0 fully saturated rings. The molecule has 0 aliphatic carbocycles. The van der Waals surface area contributed by atoms with Crippen molar-refractivity contribution >= 4 is 17.7 Å². The smallest absolute Gasteiger partial charge is 0.325 e. The van der Waals surface area contributed by atoms with Gasteiger partial charge in [-0.25, -0.2) is 4.39 Å². The van der Waals surface area contributed by atoms with Crippen LogP contribution in [0.4, 0.5) is 4.39 Å². The molecule has 1 unspecified atom stereocenters. The van der Waals surface area contributed by atoms with Crippen LogP contribution < -0.4 is 5.73 Å². The van der Waals surface area contributed by atoms with Crippen molar-refractivity contribution in [1.29, 1.82) is 0 Å². The van der Waals surface area contributed by atoms with E-state index >= 15 is 0 Å². The highest BCUT2D eigenvalue weighted by Gasteiger charge is 2.19. The number of benzene rings is 1. The number of thioether (sulfide) groups is 1. The monoisotopic (exact) mass is 229 g/mol. The molecule has 3 N–H and O–H groups in total. The number of aliphatic carboxylic acids is 1. The summed E-state index contributed by atoms with van der Waals surface area (Å²) in [6.45, 7) is 1.77. The minimum Gasteiger partial charge on any atom is -0.480 e. The van der Waals surface area contributed by atoms with Crippen LogP contribution in [0, 0.1) is 12.7 Å². The van der Waals surface area contributed by atoms with Gasteiger partial charge in [0.25, 0.3) is 0 Å². The van der Waals surface area contributed by atoms with Crippen LogP contribution in [0.15, 0.2) is 17.0 Å². The Kier molecular flexibility index (Phi) is 3.71. The fourth-order valence-corrected chi connectivity index (χ4v) is 1.89. The van der Waals surface area contributed by atoms with Crippen LogP contribution >= 0.6 is 11.8 Å². The van der Waals surface area contributed by atoms with Crippen molar-refractivity contribution < 1.29 is 14.3 Å². The third kappa shape index (κ3) is 2.49. The molecule has 0 spiro atoms. The van der Waals surface area contributed by atoms with Crippen molar-refractivity contribution in [2.45, 2.75) is 17.9 Å². The standard InChI is InChI=1S/C10H12FNO2S/c1-5-3-7(11)6(4-8(5)15-2)9(12)10(13)14/h3-4,9H,12H2,1-2H3,(H,13,14). The zero-order valence-electron chi connectivity index (χ0n) is 8.45. The van der Waals surface area contributed by atoms with Crippen LogP contribution in [0.5, 0.6) is 0 Å². The first-order valence-corrected chi connectivity index (χ1v) is 5.52. The number of carbonyl (C=O) groups is 1. The molecule has 0 saturated carbocycles. The maximum Gasteiger partial charge on any atom is 0.325 e. The Hall–Kier alpha value is -1.07. The summed E-state index contributed by atoms with van der Waals surface area (Å²) in [7, 11) is 0. The van der Waals surface area contributed by atoms with Crippen LogP contribution in [0.2, 0.25) is 0 Å². The second-order valence-corrected chi connectivity index (χ2v) is 4.01. The van der Waals surface area contributed by atoms with E-state index in [0.29, 0.717) is 0 Å². The van der Waals surface area contributed by atoms with Gasteiger partial charge in [-0.1, -0.05) is 0 Å². The molecule has 82 valence electrons. The number of halogens is 1. The Morgan fingerprint density at radius 3 is 2.67 bits per heavy atom. The number of aryl methyl sites for hydroxylation is 1. The Bertz CT molecular complexity index is 395. The molecular formula is C10H12FNO2S. The average Bonchev–Trinajstić information content (AvgIpc) is 2.17. The van der Waals surface area contributed by atoms with E-state index in [-0.39, 0.29) is 5.56 Å². The molecule has 1 atom stereocenters. The van der Waals surface area contributed by atoms with Crippen molar-refractivity contribution in [3.63, 3.8) is 0 Å². The SMILES string of the molecule is CSc1cc(C(N)C(=O)O)c(F)cc1C. The van der Waals surface area contributed by atoms with Gasteiger partial charge in [0.05, 0.1) is 0 Å². The summed E-state index contributed by atoms with van der Waals surface area (Å²) in [6.07, 6.45) is 1.84. The van der Waals surface area contributed by atoms with Gasteiger partial charge in [-0.15, -0.1) is 11.8 Å². The Morgan fingerprint density at radius 2 is 2.20 bits per heavy atom. The summed E-state index contributed by atoms with van der Waals surface area (Å²) in [5.41, 5.74) is 6.17. The zero-order chi connectivity index (χ0) is 11.6. The minimum absolute atomic E-state index is 0.0254. The molecule has 0 saturated heterocycles. The van der Waals surface area contributed by atoms with E-state index in [1.54, 1.807) is 6.92 Å². The molecule has 5 heteroatoms. The van der Waals surface area contributed by atoms with Crippen molar-refractivity contribution in [1.82, 2.24) is 0 Å². The van der Waals surface area contributed by atoms with E-state index in [0.717, 1.165) is 10.5 Å². The van der Waals surface area contributed by atoms with Crippen LogP contribution in [-0.2, 0) is 4.79 Å². The number of carboxylic acid groups (broad SMARTS) is 1. The second-order valence-electron chi connectivity index (χ2n) is 3.16. The van der Waals surface area contributed by atoms with Gasteiger partial charge in [0.15, 0.2) is 0 Å². The summed E-state index contributed by atoms with van der Waals surface area (Å²) in [5, 5.41) is 8.69. The normalized spacial score (nSPS) is 12.5. The van der Waals surface area contributed by atoms with E-state index in [1.807, 2.05) is 6.26 Å². The minimum atomic E-state index is -1.31. The molecule has 0 heterocycles. The Labute approximate surface area is 91.5 Å². The number of hydrogen-bond acceptors (Lipinski definition) is 3. The predicted octanol–water partition coefficient (Wildman–Crippen LogP) is 1.94. The van der Waals surface area contributed by atoms with Crippen LogP contribution in [0.1, 0.15) is 17.2 Å². The molecular weight excluding hydrogens is 217 g/mol. The molecule has 0 radical (unpaired) electrons. The summed E-state index contributed by atoms with van der Waals surface area (Å²) >= 11 is 1.43. The Morgan fingerprint density at radius 1 is 1.60 bits per heavy atom. The van der Waals surface area contributed by atoms with Gasteiger partial charge in [0, 0.05) is 10.5 Å². The van der Waals surface area contributed by atoms with E-state index < -0.39 is 17.8 Å². The van der Waals surface area contributed by atoms with E-state index in [2.05, 4.69) is 0 Å². The van der Waals surface area contributed by atoms with Gasteiger partial charge in [0.2, 0.25) is 0 Å². The zero-order valence-corrected chi connectivity index (χ0v) is 9.27. The number of carboxylic acids is 1. The van der Waals surface area contributed by atoms with Crippen LogP contribution in [0.3, 0.4) is 0 Å². The highest BCUT2D eigenvalue weighted by molar-refractivity contribution is 7.98. The molecule has 0 aliphatic heterocycles. The molecule has 1 rings (SSSR count). The molecule has 15 heavy (non-hydrogen) atoms. The van der Waals surface area contributed by atoms with Crippen LogP contribution in [0.25, 0.3) is 0 Å². The lowest BCUT2D eigenvalue weighted by molar-refractivity contribution is -0.138. The second kappa shape index (κ2) is 4.63. The van der Waals surface area contributed by atoms with Gasteiger partial charge in [-0.3, -0.25) is 4.79 Å². The first kappa shape index (κ1) is 12.0. The number of hydrogen-bond donors (Lipinski definition) is 2. The van der Waals surface area contributed by atoms with Crippen molar-refractivity contribution in [2.24, 2.45) is 5.73 Å². The molecule has 0 aliphatic rings. The van der Waals surface area contributed by atoms with Crippen molar-refractivity contribution in [3.8, 4) is 0 Å². The third-order valence-electron chi connectivity index (χ3n) is 2.12. The molecule has 0 aromatic heterocycles. The van der Waals surface area contributed by atoms with Gasteiger partial charge in [-0.05, 0) is 30.9 Å². The first-order valence-electron chi connectivity index (χ1n) is 4.29. The summed E-state index contributed by atoms with van der Waals surface area (Å²) in [6, 6.07) is 1.49. The Balaban J connectivity index is 3.24. The molecule has 0 bridgehead atoms. The summed E-state index contributed by atoms with van der Waals surface area (Å²) in [4.78, 5) is 11.5. The maximum absolute atomic E-state index is 13.4. The lowest BCUT2D eigenvalue weighted by atomic mass is 10.1. The highest BCUT2D eigenvalue weighted by Crippen LogP contribution is 2.26. The molecule has 0 amide bonds. The number of nitrogens with two attached hydrogens (primary N) is 1. The largest absolute Gasteiger partial charge is 0.480 e.